The second-order valence-corrected chi connectivity index (χ2v) is 7.68. The number of benzene rings is 2. The topological polar surface area (TPSA) is 46.9 Å². The number of anilines is 1. The van der Waals surface area contributed by atoms with Gasteiger partial charge in [-0.25, -0.2) is 4.98 Å². The molecule has 0 aliphatic heterocycles. The van der Waals surface area contributed by atoms with Crippen molar-refractivity contribution >= 4 is 22.6 Å². The van der Waals surface area contributed by atoms with Gasteiger partial charge in [-0.2, -0.15) is 0 Å². The van der Waals surface area contributed by atoms with Gasteiger partial charge in [0.05, 0.1) is 11.0 Å². The first-order valence-corrected chi connectivity index (χ1v) is 9.98. The number of nitrogens with one attached hydrogen (secondary N) is 1. The van der Waals surface area contributed by atoms with Crippen LogP contribution in [0.4, 0.5) is 5.69 Å². The van der Waals surface area contributed by atoms with E-state index < -0.39 is 0 Å². The standard InChI is InChI=1S/C23H27N3O/c1-26-21-9-5-4-8-20(21)25-22(26)15-12-17-10-13-19(14-11-17)24-23(27)16-18-6-2-3-7-18/h4-5,8-11,13-14,18H,2-3,6-7,12,15-16H2,1H3,(H,24,27). The normalized spacial score (nSPS) is 14.7. The summed E-state index contributed by atoms with van der Waals surface area (Å²) in [5.41, 5.74) is 4.38. The Morgan fingerprint density at radius 1 is 1.07 bits per heavy atom. The van der Waals surface area contributed by atoms with Crippen LogP contribution >= 0.6 is 0 Å². The fourth-order valence-electron chi connectivity index (χ4n) is 4.12. The van der Waals surface area contributed by atoms with Crippen LogP contribution in [-0.4, -0.2) is 15.5 Å². The minimum Gasteiger partial charge on any atom is -0.331 e. The van der Waals surface area contributed by atoms with Crippen LogP contribution in [0.15, 0.2) is 48.5 Å². The van der Waals surface area contributed by atoms with Crippen molar-refractivity contribution in [1.82, 2.24) is 9.55 Å². The SMILES string of the molecule is Cn1c(CCc2ccc(NC(=O)CC3CCCC3)cc2)nc2ccccc21. The predicted octanol–water partition coefficient (Wildman–Crippen LogP) is 4.88. The van der Waals surface area contributed by atoms with Crippen LogP contribution in [0.25, 0.3) is 11.0 Å². The molecule has 1 aliphatic rings. The molecule has 1 amide bonds. The first-order chi connectivity index (χ1) is 13.2. The summed E-state index contributed by atoms with van der Waals surface area (Å²) in [6.07, 6.45) is 7.46. The van der Waals surface area contributed by atoms with Crippen LogP contribution in [-0.2, 0) is 24.7 Å². The highest BCUT2D eigenvalue weighted by Gasteiger charge is 2.18. The molecular formula is C23H27N3O. The number of imidazole rings is 1. The largest absolute Gasteiger partial charge is 0.331 e. The summed E-state index contributed by atoms with van der Waals surface area (Å²) in [6.45, 7) is 0. The Morgan fingerprint density at radius 3 is 2.56 bits per heavy atom. The van der Waals surface area contributed by atoms with Crippen LogP contribution < -0.4 is 5.32 Å². The first-order valence-electron chi connectivity index (χ1n) is 9.98. The van der Waals surface area contributed by atoms with Gasteiger partial charge in [0.2, 0.25) is 5.91 Å². The fourth-order valence-corrected chi connectivity index (χ4v) is 4.12. The Hall–Kier alpha value is -2.62. The summed E-state index contributed by atoms with van der Waals surface area (Å²) in [6, 6.07) is 16.5. The molecule has 1 N–H and O–H groups in total. The molecule has 1 fully saturated rings. The summed E-state index contributed by atoms with van der Waals surface area (Å²) in [4.78, 5) is 16.9. The van der Waals surface area contributed by atoms with Crippen LogP contribution in [0.1, 0.15) is 43.5 Å². The minimum atomic E-state index is 0.148. The third-order valence-corrected chi connectivity index (χ3v) is 5.70. The number of aryl methyl sites for hydroxylation is 3. The summed E-state index contributed by atoms with van der Waals surface area (Å²) in [5, 5.41) is 3.04. The number of hydrogen-bond donors (Lipinski definition) is 1. The molecule has 0 saturated heterocycles. The van der Waals surface area contributed by atoms with E-state index in [4.69, 9.17) is 4.98 Å². The minimum absolute atomic E-state index is 0.148. The highest BCUT2D eigenvalue weighted by molar-refractivity contribution is 5.90. The maximum Gasteiger partial charge on any atom is 0.224 e. The van der Waals surface area contributed by atoms with Crippen molar-refractivity contribution in [2.45, 2.75) is 44.9 Å². The lowest BCUT2D eigenvalue weighted by Crippen LogP contribution is -2.15. The van der Waals surface area contributed by atoms with Crippen molar-refractivity contribution in [2.24, 2.45) is 13.0 Å². The van der Waals surface area contributed by atoms with E-state index in [0.717, 1.165) is 29.9 Å². The second-order valence-electron chi connectivity index (χ2n) is 7.68. The van der Waals surface area contributed by atoms with Gasteiger partial charge < -0.3 is 9.88 Å². The number of fused-ring (bicyclic) bond motifs is 1. The van der Waals surface area contributed by atoms with Gasteiger partial charge in [-0.1, -0.05) is 37.1 Å². The lowest BCUT2D eigenvalue weighted by atomic mass is 10.0. The molecule has 1 aromatic heterocycles. The van der Waals surface area contributed by atoms with E-state index in [1.165, 1.54) is 36.8 Å². The molecule has 0 spiro atoms. The van der Waals surface area contributed by atoms with E-state index >= 15 is 0 Å². The number of carbonyl (C=O) groups excluding carboxylic acids is 1. The van der Waals surface area contributed by atoms with E-state index in [9.17, 15) is 4.79 Å². The van der Waals surface area contributed by atoms with Crippen molar-refractivity contribution in [2.75, 3.05) is 5.32 Å². The van der Waals surface area contributed by atoms with E-state index in [1.807, 2.05) is 24.3 Å². The van der Waals surface area contributed by atoms with E-state index in [2.05, 4.69) is 41.2 Å². The quantitative estimate of drug-likeness (QED) is 0.680. The lowest BCUT2D eigenvalue weighted by molar-refractivity contribution is -0.117. The summed E-state index contributed by atoms with van der Waals surface area (Å²) < 4.78 is 2.17. The molecule has 1 heterocycles. The number of rotatable bonds is 6. The second kappa shape index (κ2) is 7.95. The molecule has 4 rings (SSSR count). The number of nitrogens with zero attached hydrogens (tertiary/aromatic N) is 2. The molecule has 140 valence electrons. The zero-order valence-corrected chi connectivity index (χ0v) is 15.9. The summed E-state index contributed by atoms with van der Waals surface area (Å²) in [5.74, 6) is 1.83. The molecule has 0 unspecified atom stereocenters. The Bertz CT molecular complexity index is 920. The monoisotopic (exact) mass is 361 g/mol. The molecule has 1 aliphatic carbocycles. The molecular weight excluding hydrogens is 334 g/mol. The van der Waals surface area contributed by atoms with Gasteiger partial charge in [-0.15, -0.1) is 0 Å². The van der Waals surface area contributed by atoms with Gasteiger partial charge >= 0.3 is 0 Å². The molecule has 2 aromatic carbocycles. The smallest absolute Gasteiger partial charge is 0.224 e. The van der Waals surface area contributed by atoms with Gasteiger partial charge in [-0.3, -0.25) is 4.79 Å². The molecule has 0 bridgehead atoms. The van der Waals surface area contributed by atoms with Gasteiger partial charge in [-0.05, 0) is 55.0 Å². The van der Waals surface area contributed by atoms with E-state index in [0.29, 0.717) is 12.3 Å². The van der Waals surface area contributed by atoms with E-state index in [1.54, 1.807) is 0 Å². The van der Waals surface area contributed by atoms with Crippen LogP contribution in [0.3, 0.4) is 0 Å². The Kier molecular flexibility index (Phi) is 5.23. The number of para-hydroxylation sites is 2. The zero-order chi connectivity index (χ0) is 18.6. The van der Waals surface area contributed by atoms with Crippen molar-refractivity contribution in [3.63, 3.8) is 0 Å². The number of amides is 1. The maximum atomic E-state index is 12.2. The molecule has 0 radical (unpaired) electrons. The van der Waals surface area contributed by atoms with Crippen LogP contribution in [0, 0.1) is 5.92 Å². The average Bonchev–Trinajstić information content (AvgIpc) is 3.29. The van der Waals surface area contributed by atoms with Gasteiger partial charge in [0.25, 0.3) is 0 Å². The van der Waals surface area contributed by atoms with Crippen molar-refractivity contribution in [1.29, 1.82) is 0 Å². The Labute approximate surface area is 160 Å². The number of hydrogen-bond acceptors (Lipinski definition) is 2. The molecule has 27 heavy (non-hydrogen) atoms. The number of aromatic nitrogens is 2. The molecule has 0 atom stereocenters. The van der Waals surface area contributed by atoms with Crippen molar-refractivity contribution < 1.29 is 4.79 Å². The van der Waals surface area contributed by atoms with Crippen molar-refractivity contribution in [3.8, 4) is 0 Å². The lowest BCUT2D eigenvalue weighted by Gasteiger charge is -2.10. The fraction of sp³-hybridized carbons (Fsp3) is 0.391. The molecule has 3 aromatic rings. The third kappa shape index (κ3) is 4.21. The average molecular weight is 361 g/mol. The number of carbonyl (C=O) groups is 1. The maximum absolute atomic E-state index is 12.2. The highest BCUT2D eigenvalue weighted by Crippen LogP contribution is 2.27. The van der Waals surface area contributed by atoms with Crippen LogP contribution in [0.5, 0.6) is 0 Å². The van der Waals surface area contributed by atoms with Gasteiger partial charge in [0.15, 0.2) is 0 Å². The summed E-state index contributed by atoms with van der Waals surface area (Å²) >= 11 is 0. The van der Waals surface area contributed by atoms with Crippen LogP contribution in [0.2, 0.25) is 0 Å². The first kappa shape index (κ1) is 17.8. The predicted molar refractivity (Wildman–Crippen MR) is 110 cm³/mol. The zero-order valence-electron chi connectivity index (χ0n) is 15.9. The van der Waals surface area contributed by atoms with Gasteiger partial charge in [0.1, 0.15) is 5.82 Å². The summed E-state index contributed by atoms with van der Waals surface area (Å²) in [7, 11) is 2.08. The Morgan fingerprint density at radius 2 is 1.81 bits per heavy atom. The molecule has 1 saturated carbocycles. The van der Waals surface area contributed by atoms with Gasteiger partial charge in [0, 0.05) is 25.6 Å². The van der Waals surface area contributed by atoms with E-state index in [-0.39, 0.29) is 5.91 Å². The van der Waals surface area contributed by atoms with Crippen molar-refractivity contribution in [3.05, 3.63) is 59.9 Å². The Balaban J connectivity index is 1.33. The highest BCUT2D eigenvalue weighted by atomic mass is 16.1. The molecule has 4 nitrogen and oxygen atoms in total. The molecule has 4 heteroatoms. The third-order valence-electron chi connectivity index (χ3n) is 5.70.